The summed E-state index contributed by atoms with van der Waals surface area (Å²) in [4.78, 5) is 12.3. The zero-order valence-electron chi connectivity index (χ0n) is 13.2. The van der Waals surface area contributed by atoms with Gasteiger partial charge in [0, 0.05) is 23.2 Å². The average Bonchev–Trinajstić information content (AvgIpc) is 2.90. The Bertz CT molecular complexity index is 880. The molecule has 4 rings (SSSR count). The SMILES string of the molecule is O=C1Nc2ccccc2C1(O)CC(=NO)c1ccc2c(c1)OCCO2. The van der Waals surface area contributed by atoms with Gasteiger partial charge in [0.25, 0.3) is 5.91 Å². The summed E-state index contributed by atoms with van der Waals surface area (Å²) < 4.78 is 11.0. The predicted octanol–water partition coefficient (Wildman–Crippen LogP) is 1.87. The van der Waals surface area contributed by atoms with E-state index in [1.54, 1.807) is 42.5 Å². The normalized spacial score (nSPS) is 21.6. The number of para-hydroxylation sites is 1. The zero-order valence-corrected chi connectivity index (χ0v) is 13.2. The number of benzene rings is 2. The van der Waals surface area contributed by atoms with Crippen LogP contribution in [0.3, 0.4) is 0 Å². The second kappa shape index (κ2) is 5.78. The van der Waals surface area contributed by atoms with Crippen molar-refractivity contribution in [1.29, 1.82) is 0 Å². The lowest BCUT2D eigenvalue weighted by Gasteiger charge is -2.22. The Morgan fingerprint density at radius 2 is 1.92 bits per heavy atom. The molecule has 1 atom stereocenters. The molecule has 0 aromatic heterocycles. The summed E-state index contributed by atoms with van der Waals surface area (Å²) in [6.45, 7) is 0.909. The van der Waals surface area contributed by atoms with E-state index in [1.165, 1.54) is 0 Å². The number of rotatable bonds is 3. The van der Waals surface area contributed by atoms with Gasteiger partial charge in [0.05, 0.1) is 5.71 Å². The van der Waals surface area contributed by atoms with Gasteiger partial charge in [-0.3, -0.25) is 4.79 Å². The van der Waals surface area contributed by atoms with Crippen LogP contribution in [0.5, 0.6) is 11.5 Å². The molecule has 2 aliphatic rings. The Labute approximate surface area is 143 Å². The van der Waals surface area contributed by atoms with Crippen molar-refractivity contribution in [1.82, 2.24) is 0 Å². The first-order chi connectivity index (χ1) is 12.1. The molecule has 0 spiro atoms. The number of nitrogens with one attached hydrogen (secondary N) is 1. The van der Waals surface area contributed by atoms with E-state index in [4.69, 9.17) is 9.47 Å². The molecule has 7 nitrogen and oxygen atoms in total. The first-order valence-corrected chi connectivity index (χ1v) is 7.86. The highest BCUT2D eigenvalue weighted by molar-refractivity contribution is 6.10. The second-order valence-corrected chi connectivity index (χ2v) is 5.94. The fourth-order valence-electron chi connectivity index (χ4n) is 3.14. The van der Waals surface area contributed by atoms with Crippen LogP contribution in [0.25, 0.3) is 0 Å². The molecule has 0 saturated heterocycles. The van der Waals surface area contributed by atoms with Crippen LogP contribution >= 0.6 is 0 Å². The largest absolute Gasteiger partial charge is 0.486 e. The minimum atomic E-state index is -1.80. The molecule has 0 bridgehead atoms. The molecule has 2 aromatic carbocycles. The first kappa shape index (κ1) is 15.5. The molecule has 3 N–H and O–H groups in total. The minimum absolute atomic E-state index is 0.173. The Balaban J connectivity index is 1.68. The summed E-state index contributed by atoms with van der Waals surface area (Å²) in [5.74, 6) is 0.593. The molecule has 7 heteroatoms. The van der Waals surface area contributed by atoms with Gasteiger partial charge in [-0.1, -0.05) is 23.4 Å². The van der Waals surface area contributed by atoms with Crippen LogP contribution < -0.4 is 14.8 Å². The Morgan fingerprint density at radius 1 is 1.16 bits per heavy atom. The van der Waals surface area contributed by atoms with Gasteiger partial charge in [-0.05, 0) is 24.3 Å². The summed E-state index contributed by atoms with van der Waals surface area (Å²) in [6, 6.07) is 12.0. The lowest BCUT2D eigenvalue weighted by Crippen LogP contribution is -2.36. The monoisotopic (exact) mass is 340 g/mol. The molecule has 2 aromatic rings. The third-order valence-electron chi connectivity index (χ3n) is 4.42. The summed E-state index contributed by atoms with van der Waals surface area (Å²) in [6.07, 6.45) is -0.175. The summed E-state index contributed by atoms with van der Waals surface area (Å²) in [7, 11) is 0. The van der Waals surface area contributed by atoms with Crippen LogP contribution in [0.1, 0.15) is 17.5 Å². The third kappa shape index (κ3) is 2.49. The number of amides is 1. The van der Waals surface area contributed by atoms with Crippen molar-refractivity contribution in [3.63, 3.8) is 0 Å². The van der Waals surface area contributed by atoms with Gasteiger partial charge in [-0.15, -0.1) is 0 Å². The van der Waals surface area contributed by atoms with E-state index in [1.807, 2.05) is 0 Å². The number of carbonyl (C=O) groups excluding carboxylic acids is 1. The molecule has 0 fully saturated rings. The molecule has 0 radical (unpaired) electrons. The van der Waals surface area contributed by atoms with Gasteiger partial charge < -0.3 is 25.1 Å². The predicted molar refractivity (Wildman–Crippen MR) is 89.3 cm³/mol. The molecule has 2 heterocycles. The van der Waals surface area contributed by atoms with Crippen LogP contribution in [-0.2, 0) is 10.4 Å². The zero-order chi connectivity index (χ0) is 17.4. The van der Waals surface area contributed by atoms with Gasteiger partial charge in [0.15, 0.2) is 17.1 Å². The molecule has 128 valence electrons. The van der Waals surface area contributed by atoms with E-state index in [0.29, 0.717) is 41.5 Å². The smallest absolute Gasteiger partial charge is 0.261 e. The Hall–Kier alpha value is -3.06. The van der Waals surface area contributed by atoms with Crippen LogP contribution in [0.15, 0.2) is 47.6 Å². The number of ether oxygens (including phenoxy) is 2. The number of hydrogen-bond donors (Lipinski definition) is 3. The Morgan fingerprint density at radius 3 is 2.72 bits per heavy atom. The van der Waals surface area contributed by atoms with Gasteiger partial charge >= 0.3 is 0 Å². The average molecular weight is 340 g/mol. The molecule has 1 unspecified atom stereocenters. The van der Waals surface area contributed by atoms with Crippen molar-refractivity contribution in [3.8, 4) is 11.5 Å². The highest BCUT2D eigenvalue weighted by Gasteiger charge is 2.46. The van der Waals surface area contributed by atoms with Gasteiger partial charge in [-0.25, -0.2) is 0 Å². The maximum absolute atomic E-state index is 12.3. The molecule has 0 saturated carbocycles. The van der Waals surface area contributed by atoms with Crippen molar-refractivity contribution in [2.24, 2.45) is 5.16 Å². The van der Waals surface area contributed by atoms with Crippen molar-refractivity contribution in [3.05, 3.63) is 53.6 Å². The number of hydrogen-bond acceptors (Lipinski definition) is 6. The molecular weight excluding hydrogens is 324 g/mol. The third-order valence-corrected chi connectivity index (χ3v) is 4.42. The number of nitrogens with zero attached hydrogens (tertiary/aromatic N) is 1. The van der Waals surface area contributed by atoms with Crippen molar-refractivity contribution >= 4 is 17.3 Å². The Kier molecular flexibility index (Phi) is 3.58. The van der Waals surface area contributed by atoms with E-state index >= 15 is 0 Å². The number of fused-ring (bicyclic) bond motifs is 2. The van der Waals surface area contributed by atoms with Gasteiger partial charge in [0.2, 0.25) is 0 Å². The minimum Gasteiger partial charge on any atom is -0.486 e. The van der Waals surface area contributed by atoms with Gasteiger partial charge in [-0.2, -0.15) is 0 Å². The van der Waals surface area contributed by atoms with E-state index in [0.717, 1.165) is 0 Å². The molecule has 1 amide bonds. The second-order valence-electron chi connectivity index (χ2n) is 5.94. The topological polar surface area (TPSA) is 100 Å². The van der Waals surface area contributed by atoms with Crippen LogP contribution in [0.2, 0.25) is 0 Å². The fraction of sp³-hybridized carbons (Fsp3) is 0.222. The summed E-state index contributed by atoms with van der Waals surface area (Å²) in [5, 5.41) is 26.4. The summed E-state index contributed by atoms with van der Waals surface area (Å²) >= 11 is 0. The van der Waals surface area contributed by atoms with Crippen molar-refractivity contribution < 1.29 is 24.6 Å². The maximum Gasteiger partial charge on any atom is 0.261 e. The molecular formula is C18H16N2O5. The van der Waals surface area contributed by atoms with E-state index in [-0.39, 0.29) is 12.1 Å². The lowest BCUT2D eigenvalue weighted by molar-refractivity contribution is -0.132. The number of aliphatic hydroxyl groups is 1. The van der Waals surface area contributed by atoms with E-state index in [2.05, 4.69) is 10.5 Å². The van der Waals surface area contributed by atoms with Crippen LogP contribution in [0, 0.1) is 0 Å². The standard InChI is InChI=1S/C18H16N2O5/c21-17-18(22,12-3-1-2-4-13(12)19-17)10-14(20-23)11-5-6-15-16(9-11)25-8-7-24-15/h1-6,9,22-23H,7-8,10H2,(H,19,21). The quantitative estimate of drug-likeness (QED) is 0.450. The van der Waals surface area contributed by atoms with Crippen molar-refractivity contribution in [2.75, 3.05) is 18.5 Å². The van der Waals surface area contributed by atoms with E-state index in [9.17, 15) is 15.1 Å². The van der Waals surface area contributed by atoms with Crippen LogP contribution in [-0.4, -0.2) is 35.1 Å². The molecule has 2 aliphatic heterocycles. The summed E-state index contributed by atoms with van der Waals surface area (Å²) in [5.41, 5.74) is -0.0809. The molecule has 25 heavy (non-hydrogen) atoms. The highest BCUT2D eigenvalue weighted by Crippen LogP contribution is 2.39. The number of carbonyl (C=O) groups is 1. The van der Waals surface area contributed by atoms with Gasteiger partial charge in [0.1, 0.15) is 13.2 Å². The first-order valence-electron chi connectivity index (χ1n) is 7.86. The van der Waals surface area contributed by atoms with E-state index < -0.39 is 11.5 Å². The maximum atomic E-state index is 12.3. The lowest BCUT2D eigenvalue weighted by atomic mass is 9.87. The van der Waals surface area contributed by atoms with Crippen molar-refractivity contribution in [2.45, 2.75) is 12.0 Å². The molecule has 0 aliphatic carbocycles. The number of oxime groups is 1. The highest BCUT2D eigenvalue weighted by atomic mass is 16.6. The van der Waals surface area contributed by atoms with Crippen LogP contribution in [0.4, 0.5) is 5.69 Å². The fourth-order valence-corrected chi connectivity index (χ4v) is 3.14. The number of anilines is 1.